The Morgan fingerprint density at radius 3 is 2.65 bits per heavy atom. The predicted molar refractivity (Wildman–Crippen MR) is 69.9 cm³/mol. The van der Waals surface area contributed by atoms with Crippen LogP contribution in [0.25, 0.3) is 0 Å². The highest BCUT2D eigenvalue weighted by atomic mass is 32.2. The van der Waals surface area contributed by atoms with Gasteiger partial charge in [0.1, 0.15) is 0 Å². The van der Waals surface area contributed by atoms with Crippen molar-refractivity contribution in [3.05, 3.63) is 0 Å². The van der Waals surface area contributed by atoms with E-state index in [4.69, 9.17) is 4.74 Å². The van der Waals surface area contributed by atoms with Crippen LogP contribution in [0.4, 0.5) is 0 Å². The van der Waals surface area contributed by atoms with Gasteiger partial charge in [-0.25, -0.2) is 8.42 Å². The van der Waals surface area contributed by atoms with Gasteiger partial charge in [0.25, 0.3) is 0 Å². The van der Waals surface area contributed by atoms with Gasteiger partial charge in [0.2, 0.25) is 0 Å². The summed E-state index contributed by atoms with van der Waals surface area (Å²) in [5, 5.41) is 3.08. The lowest BCUT2D eigenvalue weighted by Crippen LogP contribution is -2.48. The van der Waals surface area contributed by atoms with Crippen LogP contribution < -0.4 is 5.32 Å². The van der Waals surface area contributed by atoms with Crippen molar-refractivity contribution in [2.24, 2.45) is 5.92 Å². The van der Waals surface area contributed by atoms with E-state index >= 15 is 0 Å². The Hall–Kier alpha value is -0.130. The first-order valence-corrected chi connectivity index (χ1v) is 8.16. The van der Waals surface area contributed by atoms with E-state index in [9.17, 15) is 8.42 Å². The van der Waals surface area contributed by atoms with Gasteiger partial charge in [-0.15, -0.1) is 0 Å². The lowest BCUT2D eigenvalue weighted by molar-refractivity contribution is 0.216. The zero-order chi connectivity index (χ0) is 12.9. The molecule has 0 aromatic heterocycles. The maximum absolute atomic E-state index is 12.3. The van der Waals surface area contributed by atoms with Crippen LogP contribution in [-0.2, 0) is 14.6 Å². The zero-order valence-electron chi connectivity index (χ0n) is 11.1. The van der Waals surface area contributed by atoms with Gasteiger partial charge < -0.3 is 10.1 Å². The Bertz CT molecular complexity index is 316. The normalized spacial score (nSPS) is 30.4. The number of hydrogen-bond acceptors (Lipinski definition) is 4. The number of nitrogens with one attached hydrogen (secondary N) is 1. The van der Waals surface area contributed by atoms with Crippen molar-refractivity contribution < 1.29 is 13.2 Å². The van der Waals surface area contributed by atoms with Gasteiger partial charge in [0.05, 0.1) is 17.6 Å². The van der Waals surface area contributed by atoms with Gasteiger partial charge >= 0.3 is 0 Å². The van der Waals surface area contributed by atoms with E-state index in [0.717, 1.165) is 25.8 Å². The van der Waals surface area contributed by atoms with Crippen LogP contribution in [0.15, 0.2) is 0 Å². The number of sulfone groups is 1. The summed E-state index contributed by atoms with van der Waals surface area (Å²) in [5.41, 5.74) is 0. The fourth-order valence-corrected chi connectivity index (χ4v) is 4.63. The van der Waals surface area contributed by atoms with E-state index < -0.39 is 9.84 Å². The minimum atomic E-state index is -3.04. The van der Waals surface area contributed by atoms with E-state index in [1.54, 1.807) is 7.11 Å². The average molecular weight is 263 g/mol. The molecule has 1 fully saturated rings. The molecule has 1 aliphatic rings. The summed E-state index contributed by atoms with van der Waals surface area (Å²) in [6.45, 7) is 5.29. The molecule has 5 heteroatoms. The Morgan fingerprint density at radius 1 is 1.35 bits per heavy atom. The van der Waals surface area contributed by atoms with Crippen molar-refractivity contribution in [1.29, 1.82) is 0 Å². The van der Waals surface area contributed by atoms with Gasteiger partial charge in [-0.2, -0.15) is 0 Å². The Kier molecular flexibility index (Phi) is 5.89. The minimum Gasteiger partial charge on any atom is -0.384 e. The molecule has 3 atom stereocenters. The maximum atomic E-state index is 12.3. The summed E-state index contributed by atoms with van der Waals surface area (Å²) in [6.07, 6.45) is 2.86. The smallest absolute Gasteiger partial charge is 0.156 e. The molecule has 3 unspecified atom stereocenters. The van der Waals surface area contributed by atoms with Gasteiger partial charge in [-0.05, 0) is 31.7 Å². The Balaban J connectivity index is 2.73. The topological polar surface area (TPSA) is 55.4 Å². The molecule has 0 amide bonds. The molecular formula is C12H25NO3S. The quantitative estimate of drug-likeness (QED) is 0.783. The van der Waals surface area contributed by atoms with Crippen LogP contribution in [0.5, 0.6) is 0 Å². The molecule has 1 rings (SSSR count). The molecule has 0 heterocycles. The summed E-state index contributed by atoms with van der Waals surface area (Å²) in [6, 6.07) is 0.123. The monoisotopic (exact) mass is 263 g/mol. The van der Waals surface area contributed by atoms with Crippen molar-refractivity contribution in [3.63, 3.8) is 0 Å². The molecule has 1 saturated carbocycles. The van der Waals surface area contributed by atoms with E-state index in [1.807, 2.05) is 6.92 Å². The van der Waals surface area contributed by atoms with E-state index in [2.05, 4.69) is 12.2 Å². The third kappa shape index (κ3) is 4.23. The first-order chi connectivity index (χ1) is 8.01. The zero-order valence-corrected chi connectivity index (χ0v) is 11.9. The van der Waals surface area contributed by atoms with Gasteiger partial charge in [0, 0.05) is 13.2 Å². The van der Waals surface area contributed by atoms with Gasteiger partial charge in [-0.1, -0.05) is 13.8 Å². The molecule has 1 N–H and O–H groups in total. The van der Waals surface area contributed by atoms with Crippen molar-refractivity contribution in [2.45, 2.75) is 44.4 Å². The standard InChI is InChI=1S/C12H25NO3S/c1-4-13-11-6-5-10(2)9-12(11)17(14,15)8-7-16-3/h10-13H,4-9H2,1-3H3. The summed E-state index contributed by atoms with van der Waals surface area (Å²) in [7, 11) is -1.49. The molecule has 0 spiro atoms. The molecule has 0 radical (unpaired) electrons. The van der Waals surface area contributed by atoms with Crippen molar-refractivity contribution in [2.75, 3.05) is 26.0 Å². The van der Waals surface area contributed by atoms with Crippen molar-refractivity contribution >= 4 is 9.84 Å². The van der Waals surface area contributed by atoms with Crippen LogP contribution in [0.1, 0.15) is 33.1 Å². The summed E-state index contributed by atoms with van der Waals surface area (Å²) in [4.78, 5) is 0. The van der Waals surface area contributed by atoms with Crippen LogP contribution in [0.2, 0.25) is 0 Å². The molecule has 102 valence electrons. The molecular weight excluding hydrogens is 238 g/mol. The minimum absolute atomic E-state index is 0.123. The molecule has 0 saturated heterocycles. The SMILES string of the molecule is CCNC1CCC(C)CC1S(=O)(=O)CCOC. The molecule has 17 heavy (non-hydrogen) atoms. The molecule has 1 aliphatic carbocycles. The van der Waals surface area contributed by atoms with E-state index in [1.165, 1.54) is 0 Å². The number of hydrogen-bond donors (Lipinski definition) is 1. The van der Waals surface area contributed by atoms with Gasteiger partial charge in [-0.3, -0.25) is 0 Å². The lowest BCUT2D eigenvalue weighted by atomic mass is 9.87. The summed E-state index contributed by atoms with van der Waals surface area (Å²) < 4.78 is 29.4. The lowest BCUT2D eigenvalue weighted by Gasteiger charge is -2.34. The van der Waals surface area contributed by atoms with Gasteiger partial charge in [0.15, 0.2) is 9.84 Å². The Labute approximate surface area is 105 Å². The van der Waals surface area contributed by atoms with E-state index in [0.29, 0.717) is 12.5 Å². The molecule has 0 aromatic carbocycles. The van der Waals surface area contributed by atoms with Crippen LogP contribution in [0.3, 0.4) is 0 Å². The van der Waals surface area contributed by atoms with E-state index in [-0.39, 0.29) is 17.0 Å². The number of ether oxygens (including phenoxy) is 1. The largest absolute Gasteiger partial charge is 0.384 e. The number of methoxy groups -OCH3 is 1. The van der Waals surface area contributed by atoms with Crippen LogP contribution >= 0.6 is 0 Å². The second-order valence-electron chi connectivity index (χ2n) is 4.98. The highest BCUT2D eigenvalue weighted by Gasteiger charge is 2.36. The maximum Gasteiger partial charge on any atom is 0.156 e. The highest BCUT2D eigenvalue weighted by Crippen LogP contribution is 2.29. The fourth-order valence-electron chi connectivity index (χ4n) is 2.57. The number of rotatable bonds is 6. The predicted octanol–water partition coefficient (Wildman–Crippen LogP) is 1.21. The third-order valence-electron chi connectivity index (χ3n) is 3.55. The highest BCUT2D eigenvalue weighted by molar-refractivity contribution is 7.92. The first kappa shape index (κ1) is 14.9. The third-order valence-corrected chi connectivity index (χ3v) is 5.73. The molecule has 0 aromatic rings. The molecule has 0 aliphatic heterocycles. The fraction of sp³-hybridized carbons (Fsp3) is 1.00. The molecule has 4 nitrogen and oxygen atoms in total. The van der Waals surface area contributed by atoms with Crippen molar-refractivity contribution in [3.8, 4) is 0 Å². The van der Waals surface area contributed by atoms with Crippen LogP contribution in [-0.4, -0.2) is 45.7 Å². The average Bonchev–Trinajstić information content (AvgIpc) is 2.29. The summed E-state index contributed by atoms with van der Waals surface area (Å²) >= 11 is 0. The van der Waals surface area contributed by atoms with Crippen molar-refractivity contribution in [1.82, 2.24) is 5.32 Å². The van der Waals surface area contributed by atoms with Crippen LogP contribution in [0, 0.1) is 5.92 Å². The molecule has 0 bridgehead atoms. The second kappa shape index (κ2) is 6.71. The summed E-state index contributed by atoms with van der Waals surface area (Å²) in [5.74, 6) is 0.648. The second-order valence-corrected chi connectivity index (χ2v) is 7.32. The Morgan fingerprint density at radius 2 is 2.06 bits per heavy atom. The first-order valence-electron chi connectivity index (χ1n) is 6.45.